The molecule has 0 spiro atoms. The number of rotatable bonds is 3. The molecule has 1 fully saturated rings. The molecule has 1 N–H and O–H groups in total. The Balaban J connectivity index is 2.62. The summed E-state index contributed by atoms with van der Waals surface area (Å²) in [5.41, 5.74) is 0.339. The number of nitrogens with one attached hydrogen (secondary N) is 1. The number of methoxy groups -OCH3 is 1. The SMILES string of the molecule is CO[C@@]1(C)CCN[C@](C)(CC(C)C)C1. The molecular formula is C12H25NO. The Morgan fingerprint density at radius 2 is 2.00 bits per heavy atom. The third kappa shape index (κ3) is 2.96. The molecule has 1 saturated heterocycles. The third-order valence-electron chi connectivity index (χ3n) is 3.32. The molecule has 0 bridgehead atoms. The standard InChI is InChI=1S/C12H25NO/c1-10(2)8-11(3)9-12(4,14-5)6-7-13-11/h10,13H,6-9H2,1-5H3/t11-,12+/m1/s1. The summed E-state index contributed by atoms with van der Waals surface area (Å²) in [4.78, 5) is 0. The van der Waals surface area contributed by atoms with Crippen LogP contribution in [0.2, 0.25) is 0 Å². The Morgan fingerprint density at radius 3 is 2.50 bits per heavy atom. The Hall–Kier alpha value is -0.0800. The number of hydrogen-bond acceptors (Lipinski definition) is 2. The highest BCUT2D eigenvalue weighted by Gasteiger charge is 2.39. The predicted octanol–water partition coefficient (Wildman–Crippen LogP) is 2.58. The fraction of sp³-hybridized carbons (Fsp3) is 1.00. The Bertz CT molecular complexity index is 193. The first-order chi connectivity index (χ1) is 6.39. The molecule has 1 aliphatic rings. The molecule has 0 saturated carbocycles. The summed E-state index contributed by atoms with van der Waals surface area (Å²) in [5.74, 6) is 0.742. The number of piperidine rings is 1. The van der Waals surface area contributed by atoms with Gasteiger partial charge in [-0.2, -0.15) is 0 Å². The second-order valence-corrected chi connectivity index (χ2v) is 5.67. The van der Waals surface area contributed by atoms with E-state index in [2.05, 4.69) is 33.0 Å². The van der Waals surface area contributed by atoms with Crippen molar-refractivity contribution in [2.75, 3.05) is 13.7 Å². The van der Waals surface area contributed by atoms with Crippen molar-refractivity contribution in [2.24, 2.45) is 5.92 Å². The van der Waals surface area contributed by atoms with Crippen molar-refractivity contribution >= 4 is 0 Å². The van der Waals surface area contributed by atoms with Gasteiger partial charge in [0.1, 0.15) is 0 Å². The summed E-state index contributed by atoms with van der Waals surface area (Å²) in [7, 11) is 1.83. The van der Waals surface area contributed by atoms with E-state index < -0.39 is 0 Å². The first-order valence-electron chi connectivity index (χ1n) is 5.69. The molecule has 84 valence electrons. The fourth-order valence-electron chi connectivity index (χ4n) is 2.82. The number of ether oxygens (including phenoxy) is 1. The molecule has 0 aliphatic carbocycles. The smallest absolute Gasteiger partial charge is 0.0680 e. The van der Waals surface area contributed by atoms with Gasteiger partial charge in [-0.3, -0.25) is 0 Å². The summed E-state index contributed by atoms with van der Waals surface area (Å²) >= 11 is 0. The topological polar surface area (TPSA) is 21.3 Å². The highest BCUT2D eigenvalue weighted by Crippen LogP contribution is 2.34. The van der Waals surface area contributed by atoms with Gasteiger partial charge in [-0.25, -0.2) is 0 Å². The van der Waals surface area contributed by atoms with Crippen LogP contribution in [0.4, 0.5) is 0 Å². The zero-order valence-corrected chi connectivity index (χ0v) is 10.3. The normalized spacial score (nSPS) is 39.0. The summed E-state index contributed by atoms with van der Waals surface area (Å²) in [5, 5.41) is 3.64. The lowest BCUT2D eigenvalue weighted by Gasteiger charge is -2.45. The van der Waals surface area contributed by atoms with E-state index in [0.717, 1.165) is 25.3 Å². The molecule has 0 aromatic carbocycles. The highest BCUT2D eigenvalue weighted by molar-refractivity contribution is 4.97. The van der Waals surface area contributed by atoms with E-state index in [-0.39, 0.29) is 11.1 Å². The molecule has 2 heteroatoms. The van der Waals surface area contributed by atoms with Crippen LogP contribution in [0.5, 0.6) is 0 Å². The van der Waals surface area contributed by atoms with Crippen LogP contribution < -0.4 is 5.32 Å². The Kier molecular flexibility index (Phi) is 3.59. The van der Waals surface area contributed by atoms with Gasteiger partial charge in [0.2, 0.25) is 0 Å². The van der Waals surface area contributed by atoms with Crippen LogP contribution in [0, 0.1) is 5.92 Å². The van der Waals surface area contributed by atoms with Gasteiger partial charge in [-0.05, 0) is 45.6 Å². The maximum absolute atomic E-state index is 5.62. The molecule has 0 amide bonds. The van der Waals surface area contributed by atoms with Gasteiger partial charge >= 0.3 is 0 Å². The number of hydrogen-bond donors (Lipinski definition) is 1. The van der Waals surface area contributed by atoms with E-state index >= 15 is 0 Å². The summed E-state index contributed by atoms with van der Waals surface area (Å²) in [6, 6.07) is 0. The second-order valence-electron chi connectivity index (χ2n) is 5.67. The van der Waals surface area contributed by atoms with Crippen molar-refractivity contribution in [3.8, 4) is 0 Å². The van der Waals surface area contributed by atoms with Crippen molar-refractivity contribution in [1.82, 2.24) is 5.32 Å². The minimum absolute atomic E-state index is 0.0783. The monoisotopic (exact) mass is 199 g/mol. The van der Waals surface area contributed by atoms with Gasteiger partial charge in [0.05, 0.1) is 5.60 Å². The van der Waals surface area contributed by atoms with E-state index in [4.69, 9.17) is 4.74 Å². The van der Waals surface area contributed by atoms with Gasteiger partial charge in [-0.1, -0.05) is 13.8 Å². The third-order valence-corrected chi connectivity index (χ3v) is 3.32. The lowest BCUT2D eigenvalue weighted by atomic mass is 9.76. The molecule has 14 heavy (non-hydrogen) atoms. The lowest BCUT2D eigenvalue weighted by Crippen LogP contribution is -2.55. The largest absolute Gasteiger partial charge is 0.378 e. The zero-order chi connectivity index (χ0) is 10.8. The van der Waals surface area contributed by atoms with Crippen LogP contribution in [0.3, 0.4) is 0 Å². The van der Waals surface area contributed by atoms with Crippen molar-refractivity contribution in [2.45, 2.75) is 58.1 Å². The molecule has 1 heterocycles. The second kappa shape index (κ2) is 4.19. The fourth-order valence-corrected chi connectivity index (χ4v) is 2.82. The van der Waals surface area contributed by atoms with E-state index in [1.807, 2.05) is 7.11 Å². The van der Waals surface area contributed by atoms with E-state index in [0.29, 0.717) is 0 Å². The average Bonchev–Trinajstić information content (AvgIpc) is 2.01. The quantitative estimate of drug-likeness (QED) is 0.754. The van der Waals surface area contributed by atoms with Crippen molar-refractivity contribution in [1.29, 1.82) is 0 Å². The maximum atomic E-state index is 5.62. The van der Waals surface area contributed by atoms with Gasteiger partial charge in [0.25, 0.3) is 0 Å². The van der Waals surface area contributed by atoms with Crippen molar-refractivity contribution in [3.63, 3.8) is 0 Å². The van der Waals surface area contributed by atoms with Crippen LogP contribution >= 0.6 is 0 Å². The molecule has 0 radical (unpaired) electrons. The molecular weight excluding hydrogens is 174 g/mol. The Labute approximate surface area is 88.4 Å². The van der Waals surface area contributed by atoms with Crippen LogP contribution in [0.1, 0.15) is 47.0 Å². The van der Waals surface area contributed by atoms with E-state index in [1.165, 1.54) is 6.42 Å². The summed E-state index contributed by atoms with van der Waals surface area (Å²) < 4.78 is 5.62. The van der Waals surface area contributed by atoms with Gasteiger partial charge in [-0.15, -0.1) is 0 Å². The molecule has 1 rings (SSSR count). The lowest BCUT2D eigenvalue weighted by molar-refractivity contribution is -0.0497. The van der Waals surface area contributed by atoms with E-state index in [1.54, 1.807) is 0 Å². The minimum atomic E-state index is 0.0783. The van der Waals surface area contributed by atoms with Gasteiger partial charge in [0, 0.05) is 12.6 Å². The molecule has 0 aromatic rings. The van der Waals surface area contributed by atoms with Crippen molar-refractivity contribution < 1.29 is 4.74 Å². The molecule has 1 aliphatic heterocycles. The van der Waals surface area contributed by atoms with Crippen LogP contribution in [0.15, 0.2) is 0 Å². The molecule has 0 unspecified atom stereocenters. The Morgan fingerprint density at radius 1 is 1.36 bits per heavy atom. The maximum Gasteiger partial charge on any atom is 0.0680 e. The first-order valence-corrected chi connectivity index (χ1v) is 5.69. The molecule has 2 atom stereocenters. The highest BCUT2D eigenvalue weighted by atomic mass is 16.5. The predicted molar refractivity (Wildman–Crippen MR) is 60.5 cm³/mol. The minimum Gasteiger partial charge on any atom is -0.378 e. The molecule has 2 nitrogen and oxygen atoms in total. The van der Waals surface area contributed by atoms with Crippen LogP contribution in [-0.4, -0.2) is 24.8 Å². The summed E-state index contributed by atoms with van der Waals surface area (Å²) in [6.45, 7) is 10.2. The zero-order valence-electron chi connectivity index (χ0n) is 10.3. The van der Waals surface area contributed by atoms with Gasteiger partial charge in [0.15, 0.2) is 0 Å². The van der Waals surface area contributed by atoms with E-state index in [9.17, 15) is 0 Å². The van der Waals surface area contributed by atoms with Crippen molar-refractivity contribution in [3.05, 3.63) is 0 Å². The molecule has 0 aromatic heterocycles. The van der Waals surface area contributed by atoms with Crippen LogP contribution in [0.25, 0.3) is 0 Å². The van der Waals surface area contributed by atoms with Gasteiger partial charge < -0.3 is 10.1 Å². The average molecular weight is 199 g/mol. The van der Waals surface area contributed by atoms with Crippen LogP contribution in [-0.2, 0) is 4.74 Å². The summed E-state index contributed by atoms with van der Waals surface area (Å²) in [6.07, 6.45) is 3.47. The first kappa shape index (κ1) is 12.0.